The summed E-state index contributed by atoms with van der Waals surface area (Å²) < 4.78 is 13.7. The summed E-state index contributed by atoms with van der Waals surface area (Å²) in [4.78, 5) is 12.2. The summed E-state index contributed by atoms with van der Waals surface area (Å²) in [6, 6.07) is 4.06. The lowest BCUT2D eigenvalue weighted by molar-refractivity contribution is 0.0896. The van der Waals surface area contributed by atoms with Crippen LogP contribution in [0.3, 0.4) is 0 Å². The highest BCUT2D eigenvalue weighted by Gasteiger charge is 2.41. The minimum atomic E-state index is -0.427. The number of amides is 1. The van der Waals surface area contributed by atoms with Gasteiger partial charge in [0.2, 0.25) is 0 Å². The Bertz CT molecular complexity index is 476. The molecule has 5 heteroatoms. The molecule has 0 spiro atoms. The van der Waals surface area contributed by atoms with Crippen LogP contribution >= 0.6 is 15.9 Å². The highest BCUT2D eigenvalue weighted by atomic mass is 79.9. The number of nitrogens with one attached hydrogen (secondary N) is 1. The van der Waals surface area contributed by atoms with E-state index < -0.39 is 11.4 Å². The smallest absolute Gasteiger partial charge is 0.253 e. The van der Waals surface area contributed by atoms with Gasteiger partial charge in [-0.3, -0.25) is 4.79 Å². The van der Waals surface area contributed by atoms with E-state index in [4.69, 9.17) is 5.73 Å². The summed E-state index contributed by atoms with van der Waals surface area (Å²) in [5.74, 6) is -0.288. The van der Waals surface area contributed by atoms with Crippen LogP contribution in [0.2, 0.25) is 0 Å². The Hall–Kier alpha value is -0.940. The highest BCUT2D eigenvalue weighted by molar-refractivity contribution is 9.10. The molecule has 0 aromatic heterocycles. The average molecular weight is 315 g/mol. The monoisotopic (exact) mass is 314 g/mol. The van der Waals surface area contributed by atoms with Crippen LogP contribution in [0, 0.1) is 11.7 Å². The molecule has 1 aliphatic carbocycles. The minimum absolute atomic E-state index is 0.291. The van der Waals surface area contributed by atoms with Gasteiger partial charge in [0.15, 0.2) is 0 Å². The van der Waals surface area contributed by atoms with Crippen LogP contribution in [-0.4, -0.2) is 18.0 Å². The predicted octanol–water partition coefficient (Wildman–Crippen LogP) is 2.45. The standard InChI is InChI=1S/C13H16BrFN2O/c1-13(7-16,8-2-3-8)17-12(18)10-6-9(15)4-5-11(10)14/h4-6,8H,2-3,7,16H2,1H3,(H,17,18). The van der Waals surface area contributed by atoms with E-state index >= 15 is 0 Å². The van der Waals surface area contributed by atoms with Crippen molar-refractivity contribution in [3.8, 4) is 0 Å². The number of carbonyl (C=O) groups excluding carboxylic acids is 1. The second kappa shape index (κ2) is 4.97. The van der Waals surface area contributed by atoms with Crippen LogP contribution in [0.1, 0.15) is 30.1 Å². The van der Waals surface area contributed by atoms with E-state index in [0.717, 1.165) is 12.8 Å². The third-order valence-electron chi connectivity index (χ3n) is 3.47. The maximum atomic E-state index is 13.2. The van der Waals surface area contributed by atoms with Crippen LogP contribution in [0.15, 0.2) is 22.7 Å². The number of nitrogens with two attached hydrogens (primary N) is 1. The van der Waals surface area contributed by atoms with Gasteiger partial charge in [-0.2, -0.15) is 0 Å². The van der Waals surface area contributed by atoms with Gasteiger partial charge in [-0.1, -0.05) is 0 Å². The maximum Gasteiger partial charge on any atom is 0.253 e. The molecule has 3 N–H and O–H groups in total. The molecule has 0 saturated heterocycles. The molecule has 3 nitrogen and oxygen atoms in total. The molecular formula is C13H16BrFN2O. The Balaban J connectivity index is 2.18. The Kier molecular flexibility index (Phi) is 3.73. The number of benzene rings is 1. The molecule has 1 aliphatic rings. The van der Waals surface area contributed by atoms with Gasteiger partial charge < -0.3 is 11.1 Å². The third-order valence-corrected chi connectivity index (χ3v) is 4.17. The Morgan fingerprint density at radius 2 is 2.28 bits per heavy atom. The third kappa shape index (κ3) is 2.72. The second-order valence-electron chi connectivity index (χ2n) is 4.97. The first-order valence-electron chi connectivity index (χ1n) is 5.94. The Morgan fingerprint density at radius 3 is 2.83 bits per heavy atom. The Morgan fingerprint density at radius 1 is 1.61 bits per heavy atom. The van der Waals surface area contributed by atoms with E-state index in [-0.39, 0.29) is 5.91 Å². The van der Waals surface area contributed by atoms with Gasteiger partial charge in [0, 0.05) is 11.0 Å². The van der Waals surface area contributed by atoms with Crippen molar-refractivity contribution in [3.63, 3.8) is 0 Å². The van der Waals surface area contributed by atoms with Gasteiger partial charge in [0.05, 0.1) is 11.1 Å². The van der Waals surface area contributed by atoms with Crippen LogP contribution in [0.4, 0.5) is 4.39 Å². The van der Waals surface area contributed by atoms with Gasteiger partial charge in [0.1, 0.15) is 5.82 Å². The number of rotatable bonds is 4. The van der Waals surface area contributed by atoms with E-state index in [2.05, 4.69) is 21.2 Å². The summed E-state index contributed by atoms with van der Waals surface area (Å²) in [5, 5.41) is 2.93. The molecule has 1 unspecified atom stereocenters. The van der Waals surface area contributed by atoms with Gasteiger partial charge in [-0.25, -0.2) is 4.39 Å². The summed E-state index contributed by atoms with van der Waals surface area (Å²) in [6.07, 6.45) is 2.16. The SMILES string of the molecule is CC(CN)(NC(=O)c1cc(F)ccc1Br)C1CC1. The van der Waals surface area contributed by atoms with Crippen LogP contribution in [0.25, 0.3) is 0 Å². The van der Waals surface area contributed by atoms with Crippen molar-refractivity contribution in [3.05, 3.63) is 34.1 Å². The minimum Gasteiger partial charge on any atom is -0.345 e. The number of carbonyl (C=O) groups is 1. The van der Waals surface area contributed by atoms with Crippen molar-refractivity contribution in [2.24, 2.45) is 11.7 Å². The first-order chi connectivity index (χ1) is 8.46. The van der Waals surface area contributed by atoms with Crippen molar-refractivity contribution in [2.75, 3.05) is 6.54 Å². The molecule has 0 heterocycles. The summed E-state index contributed by atoms with van der Waals surface area (Å²) >= 11 is 3.25. The predicted molar refractivity (Wildman–Crippen MR) is 71.7 cm³/mol. The molecular weight excluding hydrogens is 299 g/mol. The molecule has 1 saturated carbocycles. The maximum absolute atomic E-state index is 13.2. The molecule has 98 valence electrons. The molecule has 0 radical (unpaired) electrons. The van der Waals surface area contributed by atoms with E-state index in [1.165, 1.54) is 18.2 Å². The fourth-order valence-corrected chi connectivity index (χ4v) is 2.47. The zero-order valence-corrected chi connectivity index (χ0v) is 11.8. The van der Waals surface area contributed by atoms with Crippen molar-refractivity contribution in [1.82, 2.24) is 5.32 Å². The van der Waals surface area contributed by atoms with Crippen LogP contribution < -0.4 is 11.1 Å². The van der Waals surface area contributed by atoms with E-state index in [9.17, 15) is 9.18 Å². The lowest BCUT2D eigenvalue weighted by atomic mass is 9.95. The molecule has 18 heavy (non-hydrogen) atoms. The molecule has 1 fully saturated rings. The average Bonchev–Trinajstić information content (AvgIpc) is 3.16. The normalized spacial score (nSPS) is 18.2. The van der Waals surface area contributed by atoms with Gasteiger partial charge in [-0.15, -0.1) is 0 Å². The summed E-state index contributed by atoms with van der Waals surface area (Å²) in [5.41, 5.74) is 5.64. The lowest BCUT2D eigenvalue weighted by Gasteiger charge is -2.29. The fourth-order valence-electron chi connectivity index (χ4n) is 2.04. The van der Waals surface area contributed by atoms with Crippen molar-refractivity contribution in [1.29, 1.82) is 0 Å². The van der Waals surface area contributed by atoms with Gasteiger partial charge in [0.25, 0.3) is 5.91 Å². The van der Waals surface area contributed by atoms with E-state index in [0.29, 0.717) is 22.5 Å². The van der Waals surface area contributed by atoms with Crippen molar-refractivity contribution >= 4 is 21.8 Å². The topological polar surface area (TPSA) is 55.1 Å². The molecule has 0 bridgehead atoms. The second-order valence-corrected chi connectivity index (χ2v) is 5.83. The first kappa shape index (κ1) is 13.5. The zero-order chi connectivity index (χ0) is 13.3. The number of hydrogen-bond acceptors (Lipinski definition) is 2. The quantitative estimate of drug-likeness (QED) is 0.897. The molecule has 1 atom stereocenters. The first-order valence-corrected chi connectivity index (χ1v) is 6.73. The summed E-state index contributed by atoms with van der Waals surface area (Å²) in [6.45, 7) is 2.33. The van der Waals surface area contributed by atoms with Crippen LogP contribution in [-0.2, 0) is 0 Å². The Labute approximate surface area is 114 Å². The van der Waals surface area contributed by atoms with Gasteiger partial charge >= 0.3 is 0 Å². The fraction of sp³-hybridized carbons (Fsp3) is 0.462. The highest BCUT2D eigenvalue weighted by Crippen LogP contribution is 2.39. The van der Waals surface area contributed by atoms with Crippen molar-refractivity contribution in [2.45, 2.75) is 25.3 Å². The molecule has 1 amide bonds. The number of hydrogen-bond donors (Lipinski definition) is 2. The van der Waals surface area contributed by atoms with E-state index in [1.807, 2.05) is 6.92 Å². The van der Waals surface area contributed by atoms with Gasteiger partial charge in [-0.05, 0) is 59.8 Å². The zero-order valence-electron chi connectivity index (χ0n) is 10.2. The molecule has 1 aromatic carbocycles. The van der Waals surface area contributed by atoms with Crippen LogP contribution in [0.5, 0.6) is 0 Å². The van der Waals surface area contributed by atoms with Crippen molar-refractivity contribution < 1.29 is 9.18 Å². The summed E-state index contributed by atoms with van der Waals surface area (Å²) in [7, 11) is 0. The molecule has 2 rings (SSSR count). The van der Waals surface area contributed by atoms with E-state index in [1.54, 1.807) is 0 Å². The largest absolute Gasteiger partial charge is 0.345 e. The molecule has 1 aromatic rings. The lowest BCUT2D eigenvalue weighted by Crippen LogP contribution is -2.53. The number of halogens is 2. The molecule has 0 aliphatic heterocycles.